The molecule has 0 radical (unpaired) electrons. The zero-order chi connectivity index (χ0) is 14.4. The Hall–Kier alpha value is -2.04. The van der Waals surface area contributed by atoms with E-state index in [-0.39, 0.29) is 11.7 Å². The van der Waals surface area contributed by atoms with Gasteiger partial charge < -0.3 is 16.3 Å². The lowest BCUT2D eigenvalue weighted by molar-refractivity contribution is 0.0945. The van der Waals surface area contributed by atoms with Gasteiger partial charge in [0.25, 0.3) is 5.91 Å². The van der Waals surface area contributed by atoms with Crippen LogP contribution < -0.4 is 11.1 Å². The monoisotopic (exact) mass is 263 g/mol. The quantitative estimate of drug-likeness (QED) is 0.327. The number of nitrogens with one attached hydrogen (secondary N) is 1. The third kappa shape index (κ3) is 4.28. The average Bonchev–Trinajstić information content (AvgIpc) is 2.43. The number of amides is 1. The summed E-state index contributed by atoms with van der Waals surface area (Å²) in [5, 5.41) is 14.4. The third-order valence-corrected chi connectivity index (χ3v) is 3.25. The Bertz CT molecular complexity index is 470. The molecule has 1 atom stereocenters. The minimum Gasteiger partial charge on any atom is -0.409 e. The van der Waals surface area contributed by atoms with E-state index < -0.39 is 0 Å². The second kappa shape index (κ2) is 6.78. The van der Waals surface area contributed by atoms with Gasteiger partial charge in [0.2, 0.25) is 0 Å². The summed E-state index contributed by atoms with van der Waals surface area (Å²) in [6.45, 7) is 6.97. The van der Waals surface area contributed by atoms with Crippen molar-refractivity contribution in [2.24, 2.45) is 22.7 Å². The Morgan fingerprint density at radius 2 is 2.00 bits per heavy atom. The number of oxime groups is 1. The number of hydrogen-bond acceptors (Lipinski definition) is 3. The van der Waals surface area contributed by atoms with Crippen LogP contribution in [-0.2, 0) is 0 Å². The van der Waals surface area contributed by atoms with Crippen LogP contribution >= 0.6 is 0 Å². The Balaban J connectivity index is 2.72. The van der Waals surface area contributed by atoms with Crippen LogP contribution in [0, 0.1) is 11.8 Å². The molecule has 0 saturated carbocycles. The van der Waals surface area contributed by atoms with Crippen LogP contribution in [0.4, 0.5) is 0 Å². The van der Waals surface area contributed by atoms with E-state index in [0.29, 0.717) is 29.5 Å². The molecular weight excluding hydrogens is 242 g/mol. The maximum Gasteiger partial charge on any atom is 0.251 e. The lowest BCUT2D eigenvalue weighted by atomic mass is 9.98. The number of benzene rings is 1. The van der Waals surface area contributed by atoms with Gasteiger partial charge in [-0.3, -0.25) is 4.79 Å². The highest BCUT2D eigenvalue weighted by molar-refractivity contribution is 6.01. The van der Waals surface area contributed by atoms with Gasteiger partial charge in [0, 0.05) is 17.7 Å². The molecule has 0 fully saturated rings. The van der Waals surface area contributed by atoms with Crippen molar-refractivity contribution in [3.63, 3.8) is 0 Å². The Morgan fingerprint density at radius 3 is 2.58 bits per heavy atom. The fourth-order valence-electron chi connectivity index (χ4n) is 1.47. The van der Waals surface area contributed by atoms with Crippen LogP contribution in [-0.4, -0.2) is 23.5 Å². The summed E-state index contributed by atoms with van der Waals surface area (Å²) in [4.78, 5) is 12.0. The standard InChI is InChI=1S/C14H21N3O2/c1-9(2)10(3)8-16-14(18)12-6-4-5-11(7-12)13(15)17-19/h4-7,9-10,19H,8H2,1-3H3,(H2,15,17)(H,16,18). The van der Waals surface area contributed by atoms with E-state index in [9.17, 15) is 4.79 Å². The van der Waals surface area contributed by atoms with Crippen molar-refractivity contribution in [2.45, 2.75) is 20.8 Å². The van der Waals surface area contributed by atoms with E-state index >= 15 is 0 Å². The van der Waals surface area contributed by atoms with Gasteiger partial charge in [-0.15, -0.1) is 0 Å². The molecule has 0 aliphatic rings. The van der Waals surface area contributed by atoms with Crippen LogP contribution in [0.25, 0.3) is 0 Å². The maximum atomic E-state index is 12.0. The molecule has 1 rings (SSSR count). The molecular formula is C14H21N3O2. The fourth-order valence-corrected chi connectivity index (χ4v) is 1.47. The zero-order valence-electron chi connectivity index (χ0n) is 11.6. The van der Waals surface area contributed by atoms with Gasteiger partial charge in [-0.25, -0.2) is 0 Å². The summed E-state index contributed by atoms with van der Waals surface area (Å²) in [6.07, 6.45) is 0. The maximum absolute atomic E-state index is 12.0. The van der Waals surface area contributed by atoms with Gasteiger partial charge in [-0.1, -0.05) is 38.1 Å². The Kier molecular flexibility index (Phi) is 5.36. The van der Waals surface area contributed by atoms with Crippen LogP contribution in [0.3, 0.4) is 0 Å². The smallest absolute Gasteiger partial charge is 0.251 e. The molecule has 1 amide bonds. The normalized spacial score (nSPS) is 13.4. The number of hydrogen-bond donors (Lipinski definition) is 3. The van der Waals surface area contributed by atoms with Crippen molar-refractivity contribution in [3.8, 4) is 0 Å². The van der Waals surface area contributed by atoms with E-state index in [1.54, 1.807) is 24.3 Å². The largest absolute Gasteiger partial charge is 0.409 e. The molecule has 0 aromatic heterocycles. The molecule has 0 aliphatic heterocycles. The van der Waals surface area contributed by atoms with Gasteiger partial charge in [0.15, 0.2) is 5.84 Å². The molecule has 4 N–H and O–H groups in total. The van der Waals surface area contributed by atoms with Gasteiger partial charge in [-0.05, 0) is 24.0 Å². The predicted molar refractivity (Wildman–Crippen MR) is 75.3 cm³/mol. The van der Waals surface area contributed by atoms with E-state index in [0.717, 1.165) is 0 Å². The van der Waals surface area contributed by atoms with E-state index in [4.69, 9.17) is 10.9 Å². The molecule has 0 aliphatic carbocycles. The first kappa shape index (κ1) is 15.0. The zero-order valence-corrected chi connectivity index (χ0v) is 11.6. The van der Waals surface area contributed by atoms with E-state index in [2.05, 4.69) is 31.2 Å². The Morgan fingerprint density at radius 1 is 1.37 bits per heavy atom. The lowest BCUT2D eigenvalue weighted by Crippen LogP contribution is -2.30. The molecule has 0 bridgehead atoms. The molecule has 5 nitrogen and oxygen atoms in total. The molecule has 19 heavy (non-hydrogen) atoms. The molecule has 0 saturated heterocycles. The molecule has 1 aromatic carbocycles. The second-order valence-electron chi connectivity index (χ2n) is 5.00. The third-order valence-electron chi connectivity index (χ3n) is 3.25. The minimum atomic E-state index is -0.153. The molecule has 5 heteroatoms. The predicted octanol–water partition coefficient (Wildman–Crippen LogP) is 1.80. The number of amidine groups is 1. The lowest BCUT2D eigenvalue weighted by Gasteiger charge is -2.16. The van der Waals surface area contributed by atoms with Crippen molar-refractivity contribution in [2.75, 3.05) is 6.54 Å². The first-order valence-corrected chi connectivity index (χ1v) is 6.31. The van der Waals surface area contributed by atoms with Crippen LogP contribution in [0.5, 0.6) is 0 Å². The van der Waals surface area contributed by atoms with Crippen molar-refractivity contribution >= 4 is 11.7 Å². The molecule has 1 aromatic rings. The first-order valence-electron chi connectivity index (χ1n) is 6.31. The number of rotatable bonds is 5. The van der Waals surface area contributed by atoms with Crippen molar-refractivity contribution in [1.82, 2.24) is 5.32 Å². The number of nitrogens with two attached hydrogens (primary N) is 1. The average molecular weight is 263 g/mol. The van der Waals surface area contributed by atoms with Gasteiger partial charge in [0.1, 0.15) is 0 Å². The van der Waals surface area contributed by atoms with Crippen molar-refractivity contribution in [1.29, 1.82) is 0 Å². The van der Waals surface area contributed by atoms with Crippen molar-refractivity contribution < 1.29 is 10.0 Å². The number of nitrogens with zero attached hydrogens (tertiary/aromatic N) is 1. The molecule has 1 unspecified atom stereocenters. The van der Waals surface area contributed by atoms with Gasteiger partial charge in [-0.2, -0.15) is 0 Å². The number of carbonyl (C=O) groups is 1. The molecule has 0 heterocycles. The molecule has 104 valence electrons. The first-order chi connectivity index (χ1) is 8.95. The second-order valence-corrected chi connectivity index (χ2v) is 5.00. The highest BCUT2D eigenvalue weighted by atomic mass is 16.4. The van der Waals surface area contributed by atoms with Crippen LogP contribution in [0.2, 0.25) is 0 Å². The molecule has 0 spiro atoms. The topological polar surface area (TPSA) is 87.7 Å². The van der Waals surface area contributed by atoms with Crippen molar-refractivity contribution in [3.05, 3.63) is 35.4 Å². The van der Waals surface area contributed by atoms with Crippen LogP contribution in [0.15, 0.2) is 29.4 Å². The van der Waals surface area contributed by atoms with Gasteiger partial charge >= 0.3 is 0 Å². The number of carbonyl (C=O) groups excluding carboxylic acids is 1. The SMILES string of the molecule is CC(C)C(C)CNC(=O)c1cccc(C(N)=NO)c1. The summed E-state index contributed by atoms with van der Waals surface area (Å²) < 4.78 is 0. The van der Waals surface area contributed by atoms with E-state index in [1.807, 2.05) is 0 Å². The minimum absolute atomic E-state index is 0.00908. The summed E-state index contributed by atoms with van der Waals surface area (Å²) in [6, 6.07) is 6.69. The summed E-state index contributed by atoms with van der Waals surface area (Å²) in [5.74, 6) is 0.769. The Labute approximate surface area is 113 Å². The highest BCUT2D eigenvalue weighted by Crippen LogP contribution is 2.09. The highest BCUT2D eigenvalue weighted by Gasteiger charge is 2.11. The van der Waals surface area contributed by atoms with E-state index in [1.165, 1.54) is 0 Å². The van der Waals surface area contributed by atoms with Gasteiger partial charge in [0.05, 0.1) is 0 Å². The summed E-state index contributed by atoms with van der Waals surface area (Å²) >= 11 is 0. The summed E-state index contributed by atoms with van der Waals surface area (Å²) in [7, 11) is 0. The summed E-state index contributed by atoms with van der Waals surface area (Å²) in [5.41, 5.74) is 6.51. The van der Waals surface area contributed by atoms with Crippen LogP contribution in [0.1, 0.15) is 36.7 Å². The fraction of sp³-hybridized carbons (Fsp3) is 0.429.